The zero-order chi connectivity index (χ0) is 19.2. The van der Waals surface area contributed by atoms with Gasteiger partial charge in [0.05, 0.1) is 11.4 Å². The summed E-state index contributed by atoms with van der Waals surface area (Å²) in [5.74, 6) is 2.14. The van der Waals surface area contributed by atoms with Gasteiger partial charge in [-0.1, -0.05) is 36.4 Å². The number of amidine groups is 1. The molecule has 2 aromatic rings. The van der Waals surface area contributed by atoms with Gasteiger partial charge in [-0.2, -0.15) is 0 Å². The Kier molecular flexibility index (Phi) is 5.71. The van der Waals surface area contributed by atoms with E-state index in [1.165, 1.54) is 5.56 Å². The highest BCUT2D eigenvalue weighted by atomic mass is 16.5. The third-order valence-corrected chi connectivity index (χ3v) is 4.03. The second-order valence-corrected chi connectivity index (χ2v) is 6.45. The molecular formula is C22H23N3O2. The molecule has 3 rings (SSSR count). The Hall–Kier alpha value is -3.34. The highest BCUT2D eigenvalue weighted by Gasteiger charge is 2.12. The molecular weight excluding hydrogens is 338 g/mol. The van der Waals surface area contributed by atoms with E-state index in [2.05, 4.69) is 22.2 Å². The van der Waals surface area contributed by atoms with Crippen molar-refractivity contribution >= 4 is 23.1 Å². The number of para-hydroxylation sites is 2. The van der Waals surface area contributed by atoms with Crippen LogP contribution in [0.15, 0.2) is 77.5 Å². The van der Waals surface area contributed by atoms with Gasteiger partial charge < -0.3 is 15.4 Å². The highest BCUT2D eigenvalue weighted by Crippen LogP contribution is 2.23. The molecule has 1 heterocycles. The molecule has 1 amide bonds. The van der Waals surface area contributed by atoms with Crippen LogP contribution in [0, 0.1) is 6.92 Å². The van der Waals surface area contributed by atoms with Crippen molar-refractivity contribution in [1.29, 1.82) is 0 Å². The van der Waals surface area contributed by atoms with Crippen LogP contribution < -0.4 is 15.4 Å². The van der Waals surface area contributed by atoms with Crippen LogP contribution in [-0.2, 0) is 4.79 Å². The number of dihydropyridines is 1. The minimum Gasteiger partial charge on any atom is -0.462 e. The number of benzene rings is 2. The number of aliphatic imine (C=N–C) groups is 1. The van der Waals surface area contributed by atoms with E-state index in [4.69, 9.17) is 4.74 Å². The number of amides is 1. The van der Waals surface area contributed by atoms with Crippen molar-refractivity contribution in [2.24, 2.45) is 4.99 Å². The highest BCUT2D eigenvalue weighted by molar-refractivity contribution is 6.09. The van der Waals surface area contributed by atoms with Crippen LogP contribution in [0.2, 0.25) is 0 Å². The molecule has 0 fully saturated rings. The van der Waals surface area contributed by atoms with Gasteiger partial charge in [-0.25, -0.2) is 0 Å². The van der Waals surface area contributed by atoms with Gasteiger partial charge in [-0.15, -0.1) is 0 Å². The third-order valence-electron chi connectivity index (χ3n) is 4.03. The van der Waals surface area contributed by atoms with E-state index in [0.717, 1.165) is 23.6 Å². The predicted molar refractivity (Wildman–Crippen MR) is 110 cm³/mol. The maximum absolute atomic E-state index is 11.9. The molecule has 0 saturated heterocycles. The Morgan fingerprint density at radius 2 is 1.81 bits per heavy atom. The van der Waals surface area contributed by atoms with Crippen LogP contribution in [0.5, 0.6) is 5.75 Å². The predicted octanol–water partition coefficient (Wildman–Crippen LogP) is 4.69. The van der Waals surface area contributed by atoms with E-state index in [0.29, 0.717) is 23.6 Å². The van der Waals surface area contributed by atoms with Gasteiger partial charge in [0.2, 0.25) is 0 Å². The molecule has 2 N–H and O–H groups in total. The molecule has 0 aromatic heterocycles. The number of hydrogen-bond acceptors (Lipinski definition) is 4. The molecule has 0 unspecified atom stereocenters. The van der Waals surface area contributed by atoms with Crippen molar-refractivity contribution in [3.05, 3.63) is 78.1 Å². The zero-order valence-corrected chi connectivity index (χ0v) is 15.6. The van der Waals surface area contributed by atoms with Crippen molar-refractivity contribution in [3.63, 3.8) is 0 Å². The van der Waals surface area contributed by atoms with Crippen LogP contribution in [0.25, 0.3) is 0 Å². The number of hydrogen-bond donors (Lipinski definition) is 2. The fourth-order valence-corrected chi connectivity index (χ4v) is 2.54. The number of nitrogens with zero attached hydrogens (tertiary/aromatic N) is 1. The first-order valence-electron chi connectivity index (χ1n) is 8.84. The number of carbonyl (C=O) groups excluding carboxylic acids is 1. The summed E-state index contributed by atoms with van der Waals surface area (Å²) in [6.45, 7) is 8.03. The first-order chi connectivity index (χ1) is 13.0. The van der Waals surface area contributed by atoms with E-state index in [9.17, 15) is 4.79 Å². The third kappa shape index (κ3) is 5.07. The smallest absolute Gasteiger partial charge is 0.250 e. The van der Waals surface area contributed by atoms with Crippen LogP contribution in [0.4, 0.5) is 11.4 Å². The lowest BCUT2D eigenvalue weighted by molar-refractivity contribution is -0.112. The van der Waals surface area contributed by atoms with Gasteiger partial charge in [0.1, 0.15) is 17.3 Å². The van der Waals surface area contributed by atoms with Gasteiger partial charge in [0.25, 0.3) is 5.91 Å². The Bertz CT molecular complexity index is 911. The summed E-state index contributed by atoms with van der Waals surface area (Å²) in [5.41, 5.74) is 3.08. The molecule has 0 atom stereocenters. The quantitative estimate of drug-likeness (QED) is 0.760. The Balaban J connectivity index is 1.73. The molecule has 0 bridgehead atoms. The zero-order valence-electron chi connectivity index (χ0n) is 15.6. The average molecular weight is 361 g/mol. The van der Waals surface area contributed by atoms with Gasteiger partial charge in [0, 0.05) is 24.6 Å². The monoisotopic (exact) mass is 361 g/mol. The van der Waals surface area contributed by atoms with E-state index in [-0.39, 0.29) is 5.91 Å². The molecule has 2 aromatic carbocycles. The molecule has 0 saturated carbocycles. The van der Waals surface area contributed by atoms with E-state index in [1.54, 1.807) is 6.92 Å². The second kappa shape index (κ2) is 8.36. The van der Waals surface area contributed by atoms with E-state index >= 15 is 0 Å². The normalized spacial score (nSPS) is 13.3. The summed E-state index contributed by atoms with van der Waals surface area (Å²) in [5, 5.41) is 6.12. The largest absolute Gasteiger partial charge is 0.462 e. The molecule has 0 radical (unpaired) electrons. The fourth-order valence-electron chi connectivity index (χ4n) is 2.54. The Morgan fingerprint density at radius 1 is 1.11 bits per heavy atom. The fraction of sp³-hybridized carbons (Fsp3) is 0.182. The second-order valence-electron chi connectivity index (χ2n) is 6.45. The Labute approximate surface area is 159 Å². The molecule has 0 spiro atoms. The number of carbonyl (C=O) groups is 1. The first-order valence-corrected chi connectivity index (χ1v) is 8.84. The lowest BCUT2D eigenvalue weighted by Crippen LogP contribution is -2.19. The summed E-state index contributed by atoms with van der Waals surface area (Å²) >= 11 is 0. The topological polar surface area (TPSA) is 62.7 Å². The molecule has 0 aliphatic carbocycles. The first kappa shape index (κ1) is 18.5. The summed E-state index contributed by atoms with van der Waals surface area (Å²) in [6, 6.07) is 15.4. The minimum absolute atomic E-state index is 0.214. The average Bonchev–Trinajstić information content (AvgIpc) is 2.65. The summed E-state index contributed by atoms with van der Waals surface area (Å²) < 4.78 is 5.96. The summed E-state index contributed by atoms with van der Waals surface area (Å²) in [4.78, 5) is 16.4. The van der Waals surface area contributed by atoms with Crippen LogP contribution >= 0.6 is 0 Å². The summed E-state index contributed by atoms with van der Waals surface area (Å²) in [7, 11) is 0. The number of nitrogens with one attached hydrogen (secondary N) is 2. The number of ether oxygens (including phenoxy) is 1. The van der Waals surface area contributed by atoms with Crippen molar-refractivity contribution in [1.82, 2.24) is 0 Å². The van der Waals surface area contributed by atoms with E-state index in [1.807, 2.05) is 61.5 Å². The number of aryl methyl sites for hydroxylation is 1. The van der Waals surface area contributed by atoms with Gasteiger partial charge in [-0.05, 0) is 38.1 Å². The minimum atomic E-state index is -0.214. The lowest BCUT2D eigenvalue weighted by atomic mass is 10.2. The molecule has 138 valence electrons. The molecule has 5 nitrogen and oxygen atoms in total. The molecule has 1 aliphatic rings. The number of anilines is 2. The van der Waals surface area contributed by atoms with Crippen molar-refractivity contribution in [3.8, 4) is 5.75 Å². The van der Waals surface area contributed by atoms with Crippen LogP contribution in [0.1, 0.15) is 18.9 Å². The van der Waals surface area contributed by atoms with Crippen LogP contribution in [0.3, 0.4) is 0 Å². The van der Waals surface area contributed by atoms with Gasteiger partial charge in [0.15, 0.2) is 0 Å². The lowest BCUT2D eigenvalue weighted by Gasteiger charge is -2.17. The maximum Gasteiger partial charge on any atom is 0.250 e. The van der Waals surface area contributed by atoms with Gasteiger partial charge in [-0.3, -0.25) is 9.79 Å². The van der Waals surface area contributed by atoms with E-state index < -0.39 is 0 Å². The SMILES string of the molecule is C=C(C)C(=O)Nc1ccccc1NC1=NCCC(Oc2ccc(C)cc2)=C1. The van der Waals surface area contributed by atoms with Crippen LogP contribution in [-0.4, -0.2) is 18.3 Å². The summed E-state index contributed by atoms with van der Waals surface area (Å²) in [6.07, 6.45) is 2.63. The van der Waals surface area contributed by atoms with Crippen molar-refractivity contribution < 1.29 is 9.53 Å². The van der Waals surface area contributed by atoms with Gasteiger partial charge >= 0.3 is 0 Å². The van der Waals surface area contributed by atoms with Crippen molar-refractivity contribution in [2.75, 3.05) is 17.2 Å². The molecule has 5 heteroatoms. The standard InChI is InChI=1S/C22H23N3O2/c1-15(2)22(26)25-20-7-5-4-6-19(20)24-21-14-18(12-13-23-21)27-17-10-8-16(3)9-11-17/h4-11,14H,1,12-13H2,2-3H3,(H,23,24)(H,25,26). The van der Waals surface area contributed by atoms with Crippen molar-refractivity contribution in [2.45, 2.75) is 20.3 Å². The number of rotatable bonds is 5. The molecule has 27 heavy (non-hydrogen) atoms. The Morgan fingerprint density at radius 3 is 2.52 bits per heavy atom. The molecule has 1 aliphatic heterocycles. The maximum atomic E-state index is 11.9.